The van der Waals surface area contributed by atoms with Crippen molar-refractivity contribution in [1.82, 2.24) is 25.3 Å². The maximum Gasteiger partial charge on any atom is 0.226 e. The molecule has 0 saturated carbocycles. The number of nitrogens with one attached hydrogen (secondary N) is 1. The molecule has 30 heavy (non-hydrogen) atoms. The van der Waals surface area contributed by atoms with Gasteiger partial charge in [0.05, 0.1) is 36.0 Å². The van der Waals surface area contributed by atoms with Crippen LogP contribution in [0, 0.1) is 12.8 Å². The zero-order valence-electron chi connectivity index (χ0n) is 17.3. The van der Waals surface area contributed by atoms with Gasteiger partial charge in [0.1, 0.15) is 12.1 Å². The van der Waals surface area contributed by atoms with E-state index in [-0.39, 0.29) is 11.8 Å². The van der Waals surface area contributed by atoms with Gasteiger partial charge in [0.2, 0.25) is 11.9 Å². The highest BCUT2D eigenvalue weighted by atomic mass is 16.5. The maximum absolute atomic E-state index is 12.7. The SMILES string of the molecule is CCOc1ccc2nc(N3CCCC(C(=O)NCc4ccncn4)C3)nc(C)c2c1. The van der Waals surface area contributed by atoms with Gasteiger partial charge in [0, 0.05) is 24.7 Å². The molecule has 0 radical (unpaired) electrons. The number of hydrogen-bond donors (Lipinski definition) is 1. The predicted molar refractivity (Wildman–Crippen MR) is 114 cm³/mol. The first-order valence-electron chi connectivity index (χ1n) is 10.3. The molecule has 4 rings (SSSR count). The van der Waals surface area contributed by atoms with Gasteiger partial charge in [0.25, 0.3) is 0 Å². The van der Waals surface area contributed by atoms with E-state index in [9.17, 15) is 4.79 Å². The normalized spacial score (nSPS) is 16.5. The molecule has 156 valence electrons. The maximum atomic E-state index is 12.7. The van der Waals surface area contributed by atoms with Crippen LogP contribution in [0.5, 0.6) is 5.75 Å². The number of anilines is 1. The first-order chi connectivity index (χ1) is 14.6. The standard InChI is InChI=1S/C22H26N6O2/c1-3-30-18-6-7-20-19(11-18)15(2)26-22(27-20)28-10-4-5-16(13-28)21(29)24-12-17-8-9-23-14-25-17/h6-9,11,14,16H,3-5,10,12-13H2,1-2H3,(H,24,29). The summed E-state index contributed by atoms with van der Waals surface area (Å²) in [6.07, 6.45) is 4.94. The molecule has 0 bridgehead atoms. The first kappa shape index (κ1) is 20.0. The molecule has 1 N–H and O–H groups in total. The van der Waals surface area contributed by atoms with E-state index >= 15 is 0 Å². The molecule has 1 aromatic carbocycles. The number of benzene rings is 1. The minimum atomic E-state index is -0.0967. The fraction of sp³-hybridized carbons (Fsp3) is 0.409. The Kier molecular flexibility index (Phi) is 6.02. The van der Waals surface area contributed by atoms with Gasteiger partial charge >= 0.3 is 0 Å². The van der Waals surface area contributed by atoms with Crippen molar-refractivity contribution in [3.05, 3.63) is 48.2 Å². The molecule has 8 heteroatoms. The third kappa shape index (κ3) is 4.48. The number of piperidine rings is 1. The summed E-state index contributed by atoms with van der Waals surface area (Å²) in [6, 6.07) is 7.68. The number of fused-ring (bicyclic) bond motifs is 1. The monoisotopic (exact) mass is 406 g/mol. The summed E-state index contributed by atoms with van der Waals surface area (Å²) in [5, 5.41) is 3.98. The summed E-state index contributed by atoms with van der Waals surface area (Å²) >= 11 is 0. The molecule has 1 aliphatic heterocycles. The van der Waals surface area contributed by atoms with Gasteiger partial charge in [-0.15, -0.1) is 0 Å². The molecule has 1 aliphatic rings. The van der Waals surface area contributed by atoms with E-state index in [4.69, 9.17) is 14.7 Å². The van der Waals surface area contributed by atoms with Crippen LogP contribution in [0.4, 0.5) is 5.95 Å². The topological polar surface area (TPSA) is 93.1 Å². The first-order valence-corrected chi connectivity index (χ1v) is 10.3. The number of aryl methyl sites for hydroxylation is 1. The van der Waals surface area contributed by atoms with E-state index < -0.39 is 0 Å². The Morgan fingerprint density at radius 3 is 3.00 bits per heavy atom. The smallest absolute Gasteiger partial charge is 0.226 e. The van der Waals surface area contributed by atoms with Gasteiger partial charge in [-0.2, -0.15) is 0 Å². The van der Waals surface area contributed by atoms with Gasteiger partial charge in [-0.05, 0) is 51.0 Å². The number of nitrogens with zero attached hydrogens (tertiary/aromatic N) is 5. The lowest BCUT2D eigenvalue weighted by Gasteiger charge is -2.32. The molecule has 1 unspecified atom stereocenters. The number of aromatic nitrogens is 4. The Hall–Kier alpha value is -3.29. The van der Waals surface area contributed by atoms with Gasteiger partial charge in [-0.3, -0.25) is 4.79 Å². The lowest BCUT2D eigenvalue weighted by Crippen LogP contribution is -2.43. The lowest BCUT2D eigenvalue weighted by molar-refractivity contribution is -0.125. The van der Waals surface area contributed by atoms with Crippen molar-refractivity contribution in [2.24, 2.45) is 5.92 Å². The quantitative estimate of drug-likeness (QED) is 0.673. The largest absolute Gasteiger partial charge is 0.494 e. The minimum absolute atomic E-state index is 0.0391. The highest BCUT2D eigenvalue weighted by Gasteiger charge is 2.27. The average molecular weight is 406 g/mol. The summed E-state index contributed by atoms with van der Waals surface area (Å²) < 4.78 is 5.59. The highest BCUT2D eigenvalue weighted by Crippen LogP contribution is 2.26. The van der Waals surface area contributed by atoms with Gasteiger partial charge < -0.3 is 15.0 Å². The Bertz CT molecular complexity index is 1030. The van der Waals surface area contributed by atoms with Crippen molar-refractivity contribution in [3.63, 3.8) is 0 Å². The third-order valence-electron chi connectivity index (χ3n) is 5.32. The summed E-state index contributed by atoms with van der Waals surface area (Å²) in [5.74, 6) is 1.44. The minimum Gasteiger partial charge on any atom is -0.494 e. The van der Waals surface area contributed by atoms with Crippen molar-refractivity contribution >= 4 is 22.8 Å². The van der Waals surface area contributed by atoms with Crippen molar-refractivity contribution in [2.45, 2.75) is 33.2 Å². The molecule has 0 spiro atoms. The fourth-order valence-electron chi connectivity index (χ4n) is 3.76. The molecule has 3 heterocycles. The summed E-state index contributed by atoms with van der Waals surface area (Å²) in [5.41, 5.74) is 2.59. The van der Waals surface area contributed by atoms with Crippen LogP contribution in [0.15, 0.2) is 36.8 Å². The zero-order valence-corrected chi connectivity index (χ0v) is 17.3. The molecule has 8 nitrogen and oxygen atoms in total. The van der Waals surface area contributed by atoms with Gasteiger partial charge in [0.15, 0.2) is 0 Å². The van der Waals surface area contributed by atoms with E-state index in [2.05, 4.69) is 20.2 Å². The van der Waals surface area contributed by atoms with E-state index in [1.165, 1.54) is 6.33 Å². The van der Waals surface area contributed by atoms with E-state index in [0.29, 0.717) is 25.6 Å². The van der Waals surface area contributed by atoms with Crippen molar-refractivity contribution < 1.29 is 9.53 Å². The summed E-state index contributed by atoms with van der Waals surface area (Å²) in [7, 11) is 0. The summed E-state index contributed by atoms with van der Waals surface area (Å²) in [6.45, 7) is 6.44. The number of hydrogen-bond acceptors (Lipinski definition) is 7. The van der Waals surface area contributed by atoms with Crippen LogP contribution < -0.4 is 15.0 Å². The van der Waals surface area contributed by atoms with Crippen LogP contribution in [-0.2, 0) is 11.3 Å². The molecule has 1 saturated heterocycles. The average Bonchev–Trinajstić information content (AvgIpc) is 2.79. The van der Waals surface area contributed by atoms with Crippen LogP contribution in [0.25, 0.3) is 10.9 Å². The molecule has 1 fully saturated rings. The molecule has 2 aromatic heterocycles. The molecular formula is C22H26N6O2. The van der Waals surface area contributed by atoms with Crippen molar-refractivity contribution in [1.29, 1.82) is 0 Å². The number of carbonyl (C=O) groups is 1. The molecule has 3 aromatic rings. The second kappa shape index (κ2) is 9.02. The summed E-state index contributed by atoms with van der Waals surface area (Å²) in [4.78, 5) is 32.3. The van der Waals surface area contributed by atoms with Crippen LogP contribution >= 0.6 is 0 Å². The van der Waals surface area contributed by atoms with E-state index in [1.807, 2.05) is 32.0 Å². The van der Waals surface area contributed by atoms with Gasteiger partial charge in [-0.1, -0.05) is 0 Å². The van der Waals surface area contributed by atoms with Crippen molar-refractivity contribution in [3.8, 4) is 5.75 Å². The van der Waals surface area contributed by atoms with E-state index in [1.54, 1.807) is 12.3 Å². The number of ether oxygens (including phenoxy) is 1. The van der Waals surface area contributed by atoms with Crippen LogP contribution in [0.2, 0.25) is 0 Å². The molecule has 1 amide bonds. The Balaban J connectivity index is 1.46. The number of rotatable bonds is 6. The second-order valence-corrected chi connectivity index (χ2v) is 7.42. The van der Waals surface area contributed by atoms with Crippen LogP contribution in [-0.4, -0.2) is 45.5 Å². The lowest BCUT2D eigenvalue weighted by atomic mass is 9.97. The molecule has 0 aliphatic carbocycles. The molecular weight excluding hydrogens is 380 g/mol. The zero-order chi connectivity index (χ0) is 20.9. The second-order valence-electron chi connectivity index (χ2n) is 7.42. The van der Waals surface area contributed by atoms with Crippen molar-refractivity contribution in [2.75, 3.05) is 24.6 Å². The number of carbonyl (C=O) groups excluding carboxylic acids is 1. The predicted octanol–water partition coefficient (Wildman–Crippen LogP) is 2.66. The van der Waals surface area contributed by atoms with Gasteiger partial charge in [-0.25, -0.2) is 19.9 Å². The fourth-order valence-corrected chi connectivity index (χ4v) is 3.76. The van der Waals surface area contributed by atoms with Crippen LogP contribution in [0.3, 0.4) is 0 Å². The third-order valence-corrected chi connectivity index (χ3v) is 5.32. The molecule has 1 atom stereocenters. The van der Waals surface area contributed by atoms with Crippen LogP contribution in [0.1, 0.15) is 31.2 Å². The highest BCUT2D eigenvalue weighted by molar-refractivity contribution is 5.83. The Morgan fingerprint density at radius 1 is 1.30 bits per heavy atom. The Morgan fingerprint density at radius 2 is 2.20 bits per heavy atom. The Labute approximate surface area is 175 Å². The number of amides is 1. The van der Waals surface area contributed by atoms with E-state index in [0.717, 1.165) is 47.4 Å².